The summed E-state index contributed by atoms with van der Waals surface area (Å²) in [6.07, 6.45) is 6.36. The van der Waals surface area contributed by atoms with E-state index in [4.69, 9.17) is 17.3 Å². The van der Waals surface area contributed by atoms with Crippen LogP contribution in [0.5, 0.6) is 0 Å². The molecule has 2 atom stereocenters. The molecule has 0 unspecified atom stereocenters. The van der Waals surface area contributed by atoms with E-state index in [1.54, 1.807) is 34.2 Å². The average molecular weight is 454 g/mol. The second kappa shape index (κ2) is 9.88. The van der Waals surface area contributed by atoms with E-state index in [9.17, 15) is 9.59 Å². The van der Waals surface area contributed by atoms with Crippen molar-refractivity contribution in [3.63, 3.8) is 0 Å². The van der Waals surface area contributed by atoms with Crippen molar-refractivity contribution in [3.05, 3.63) is 71.5 Å². The van der Waals surface area contributed by atoms with E-state index in [1.807, 2.05) is 24.3 Å². The molecule has 3 N–H and O–H groups in total. The standard InChI is InChI=1S/C22H24ClN7O2/c23-16-6-7-19(30-14-25-13-28-30)15(10-16)12-27-21(31)20-5-3-9-29(20)22(32)18(24)11-17-4-1-2-8-26-17/h1-2,4,6-8,10,13-14,18,20H,3,5,9,11-12,24H2,(H,27,31)/t18-,20+/m1/s1. The zero-order chi connectivity index (χ0) is 22.5. The number of amides is 2. The van der Waals surface area contributed by atoms with E-state index in [0.29, 0.717) is 24.4 Å². The van der Waals surface area contributed by atoms with E-state index in [1.165, 1.54) is 6.33 Å². The molecule has 4 rings (SSSR count). The summed E-state index contributed by atoms with van der Waals surface area (Å²) in [5, 5.41) is 7.64. The maximum absolute atomic E-state index is 13.0. The van der Waals surface area contributed by atoms with Crippen LogP contribution < -0.4 is 11.1 Å². The van der Waals surface area contributed by atoms with Crippen LogP contribution in [0.25, 0.3) is 5.69 Å². The highest BCUT2D eigenvalue weighted by atomic mass is 35.5. The van der Waals surface area contributed by atoms with Gasteiger partial charge >= 0.3 is 0 Å². The monoisotopic (exact) mass is 453 g/mol. The van der Waals surface area contributed by atoms with Crippen LogP contribution in [-0.2, 0) is 22.6 Å². The highest BCUT2D eigenvalue weighted by Gasteiger charge is 2.36. The molecule has 0 radical (unpaired) electrons. The number of nitrogens with zero attached hydrogens (tertiary/aromatic N) is 5. The van der Waals surface area contributed by atoms with Crippen LogP contribution in [0.3, 0.4) is 0 Å². The summed E-state index contributed by atoms with van der Waals surface area (Å²) >= 11 is 6.16. The first-order valence-corrected chi connectivity index (χ1v) is 10.8. The number of carbonyl (C=O) groups excluding carboxylic acids is 2. The number of aromatic nitrogens is 4. The summed E-state index contributed by atoms with van der Waals surface area (Å²) in [5.74, 6) is -0.454. The Morgan fingerprint density at radius 1 is 1.28 bits per heavy atom. The van der Waals surface area contributed by atoms with Gasteiger partial charge in [0.15, 0.2) is 0 Å². The predicted octanol–water partition coefficient (Wildman–Crippen LogP) is 1.49. The number of rotatable bonds is 7. The first-order chi connectivity index (χ1) is 15.5. The first-order valence-electron chi connectivity index (χ1n) is 10.4. The Morgan fingerprint density at radius 2 is 2.16 bits per heavy atom. The number of likely N-dealkylation sites (tertiary alicyclic amines) is 1. The van der Waals surface area contributed by atoms with Gasteiger partial charge < -0.3 is 16.0 Å². The molecule has 3 aromatic rings. The molecule has 1 aliphatic heterocycles. The third-order valence-corrected chi connectivity index (χ3v) is 5.71. The van der Waals surface area contributed by atoms with Crippen LogP contribution in [0.2, 0.25) is 5.02 Å². The Kier molecular flexibility index (Phi) is 6.77. The summed E-state index contributed by atoms with van der Waals surface area (Å²) in [6, 6.07) is 9.56. The van der Waals surface area contributed by atoms with Crippen molar-refractivity contribution in [2.24, 2.45) is 5.73 Å². The number of hydrogen-bond donors (Lipinski definition) is 2. The molecule has 0 bridgehead atoms. The quantitative estimate of drug-likeness (QED) is 0.559. The normalized spacial score (nSPS) is 16.7. The van der Waals surface area contributed by atoms with Gasteiger partial charge in [0.25, 0.3) is 0 Å². The third kappa shape index (κ3) is 4.95. The fourth-order valence-corrected chi connectivity index (χ4v) is 4.09. The van der Waals surface area contributed by atoms with Crippen molar-refractivity contribution in [3.8, 4) is 5.69 Å². The number of halogens is 1. The Bertz CT molecular complexity index is 1080. The van der Waals surface area contributed by atoms with Crippen molar-refractivity contribution in [2.45, 2.75) is 37.9 Å². The fourth-order valence-electron chi connectivity index (χ4n) is 3.90. The number of pyridine rings is 1. The lowest BCUT2D eigenvalue weighted by molar-refractivity contribution is -0.139. The maximum atomic E-state index is 13.0. The van der Waals surface area contributed by atoms with Gasteiger partial charge in [-0.1, -0.05) is 17.7 Å². The third-order valence-electron chi connectivity index (χ3n) is 5.47. The largest absolute Gasteiger partial charge is 0.350 e. The van der Waals surface area contributed by atoms with Gasteiger partial charge in [0, 0.05) is 36.4 Å². The lowest BCUT2D eigenvalue weighted by atomic mass is 10.1. The van der Waals surface area contributed by atoms with Gasteiger partial charge in [-0.05, 0) is 48.7 Å². The highest BCUT2D eigenvalue weighted by Crippen LogP contribution is 2.21. The van der Waals surface area contributed by atoms with Crippen LogP contribution in [0.15, 0.2) is 55.2 Å². The van der Waals surface area contributed by atoms with E-state index < -0.39 is 12.1 Å². The molecule has 0 spiro atoms. The minimum atomic E-state index is -0.745. The molecule has 9 nitrogen and oxygen atoms in total. The summed E-state index contributed by atoms with van der Waals surface area (Å²) in [4.78, 5) is 35.7. The van der Waals surface area contributed by atoms with Crippen LogP contribution >= 0.6 is 11.6 Å². The molecule has 3 heterocycles. The molecule has 2 aromatic heterocycles. The summed E-state index contributed by atoms with van der Waals surface area (Å²) in [6.45, 7) is 0.751. The van der Waals surface area contributed by atoms with Gasteiger partial charge in [0.1, 0.15) is 18.7 Å². The summed E-state index contributed by atoms with van der Waals surface area (Å²) in [5.41, 5.74) is 8.46. The van der Waals surface area contributed by atoms with E-state index in [0.717, 1.165) is 23.4 Å². The Morgan fingerprint density at radius 3 is 2.91 bits per heavy atom. The second-order valence-electron chi connectivity index (χ2n) is 7.65. The highest BCUT2D eigenvalue weighted by molar-refractivity contribution is 6.30. The fraction of sp³-hybridized carbons (Fsp3) is 0.318. The molecule has 10 heteroatoms. The van der Waals surface area contributed by atoms with Gasteiger partial charge in [-0.2, -0.15) is 5.10 Å². The van der Waals surface area contributed by atoms with Crippen LogP contribution in [0.4, 0.5) is 0 Å². The Labute approximate surface area is 190 Å². The summed E-state index contributed by atoms with van der Waals surface area (Å²) < 4.78 is 1.61. The topological polar surface area (TPSA) is 119 Å². The molecular weight excluding hydrogens is 430 g/mol. The summed E-state index contributed by atoms with van der Waals surface area (Å²) in [7, 11) is 0. The van der Waals surface area contributed by atoms with Gasteiger partial charge in [0.2, 0.25) is 11.8 Å². The Hall–Kier alpha value is -3.30. The SMILES string of the molecule is N[C@H](Cc1ccccn1)C(=O)N1CCC[C@H]1C(=O)NCc1cc(Cl)ccc1-n1cncn1. The molecule has 32 heavy (non-hydrogen) atoms. The van der Waals surface area contributed by atoms with E-state index >= 15 is 0 Å². The van der Waals surface area contributed by atoms with Crippen LogP contribution in [0.1, 0.15) is 24.1 Å². The minimum Gasteiger partial charge on any atom is -0.350 e. The van der Waals surface area contributed by atoms with Gasteiger partial charge in [-0.3, -0.25) is 14.6 Å². The minimum absolute atomic E-state index is 0.217. The number of carbonyl (C=O) groups is 2. The van der Waals surface area contributed by atoms with E-state index in [2.05, 4.69) is 20.4 Å². The molecule has 1 fully saturated rings. The maximum Gasteiger partial charge on any atom is 0.243 e. The first kappa shape index (κ1) is 21.9. The van der Waals surface area contributed by atoms with Gasteiger partial charge in [-0.25, -0.2) is 9.67 Å². The zero-order valence-electron chi connectivity index (χ0n) is 17.4. The second-order valence-corrected chi connectivity index (χ2v) is 8.09. The molecule has 0 saturated carbocycles. The van der Waals surface area contributed by atoms with Crippen molar-refractivity contribution in [2.75, 3.05) is 6.54 Å². The lowest BCUT2D eigenvalue weighted by Gasteiger charge is -2.26. The lowest BCUT2D eigenvalue weighted by Crippen LogP contribution is -2.51. The predicted molar refractivity (Wildman–Crippen MR) is 119 cm³/mol. The van der Waals surface area contributed by atoms with Crippen LogP contribution in [0, 0.1) is 0 Å². The van der Waals surface area contributed by atoms with Gasteiger partial charge in [0.05, 0.1) is 11.7 Å². The molecular formula is C22H24ClN7O2. The number of hydrogen-bond acceptors (Lipinski definition) is 6. The van der Waals surface area contributed by atoms with Crippen molar-refractivity contribution in [1.82, 2.24) is 30.0 Å². The van der Waals surface area contributed by atoms with Gasteiger partial charge in [-0.15, -0.1) is 0 Å². The van der Waals surface area contributed by atoms with Crippen molar-refractivity contribution in [1.29, 1.82) is 0 Å². The average Bonchev–Trinajstić information content (AvgIpc) is 3.50. The smallest absolute Gasteiger partial charge is 0.243 e. The number of nitrogens with one attached hydrogen (secondary N) is 1. The van der Waals surface area contributed by atoms with Crippen LogP contribution in [-0.4, -0.2) is 55.1 Å². The van der Waals surface area contributed by atoms with Crippen molar-refractivity contribution < 1.29 is 9.59 Å². The molecule has 0 aliphatic carbocycles. The molecule has 1 saturated heterocycles. The Balaban J connectivity index is 1.41. The molecule has 166 valence electrons. The molecule has 1 aliphatic rings. The number of nitrogens with two attached hydrogens (primary N) is 1. The molecule has 1 aromatic carbocycles. The molecule has 2 amide bonds. The van der Waals surface area contributed by atoms with Crippen molar-refractivity contribution >= 4 is 23.4 Å². The zero-order valence-corrected chi connectivity index (χ0v) is 18.2. The number of benzene rings is 1. The van der Waals surface area contributed by atoms with E-state index in [-0.39, 0.29) is 18.4 Å².